The molecule has 0 radical (unpaired) electrons. The second-order valence-electron chi connectivity index (χ2n) is 3.52. The van der Waals surface area contributed by atoms with Gasteiger partial charge in [-0.1, -0.05) is 6.07 Å². The molecule has 1 aromatic carbocycles. The second kappa shape index (κ2) is 4.28. The third-order valence-corrected chi connectivity index (χ3v) is 2.24. The number of benzene rings is 1. The first-order chi connectivity index (χ1) is 7.29. The Hall–Kier alpha value is -1.61. The highest BCUT2D eigenvalue weighted by Gasteiger charge is 2.02. The molecule has 1 heterocycles. The molecule has 15 heavy (non-hydrogen) atoms. The third kappa shape index (κ3) is 2.25. The van der Waals surface area contributed by atoms with Crippen LogP contribution in [-0.4, -0.2) is 17.6 Å². The van der Waals surface area contributed by atoms with E-state index in [-0.39, 0.29) is 6.10 Å². The number of hydrogen-bond acceptors (Lipinski definition) is 3. The summed E-state index contributed by atoms with van der Waals surface area (Å²) in [6.07, 6.45) is 1.82. The molecule has 3 nitrogen and oxygen atoms in total. The van der Waals surface area contributed by atoms with E-state index in [0.717, 1.165) is 16.7 Å². The molecule has 0 fully saturated rings. The van der Waals surface area contributed by atoms with Gasteiger partial charge in [-0.15, -0.1) is 0 Å². The maximum Gasteiger partial charge on any atom is 0.120 e. The highest BCUT2D eigenvalue weighted by Crippen LogP contribution is 2.19. The summed E-state index contributed by atoms with van der Waals surface area (Å²) in [4.78, 5) is 4.24. The van der Waals surface area contributed by atoms with Gasteiger partial charge in [0.25, 0.3) is 0 Å². The van der Waals surface area contributed by atoms with Crippen LogP contribution in [0, 0.1) is 0 Å². The van der Waals surface area contributed by atoms with Crippen molar-refractivity contribution in [1.82, 2.24) is 4.98 Å². The van der Waals surface area contributed by atoms with Crippen LogP contribution in [0.15, 0.2) is 36.5 Å². The van der Waals surface area contributed by atoms with Crippen molar-refractivity contribution in [1.29, 1.82) is 0 Å². The lowest BCUT2D eigenvalue weighted by Crippen LogP contribution is -2.22. The molecule has 2 rings (SSSR count). The number of nitrogens with two attached hydrogens (primary N) is 1. The van der Waals surface area contributed by atoms with Gasteiger partial charge in [-0.25, -0.2) is 0 Å². The van der Waals surface area contributed by atoms with Crippen molar-refractivity contribution in [2.75, 3.05) is 6.54 Å². The Balaban J connectivity index is 2.30. The topological polar surface area (TPSA) is 48.1 Å². The minimum Gasteiger partial charge on any atom is -0.489 e. The van der Waals surface area contributed by atoms with Gasteiger partial charge in [0.15, 0.2) is 0 Å². The van der Waals surface area contributed by atoms with Crippen LogP contribution in [0.5, 0.6) is 5.75 Å². The van der Waals surface area contributed by atoms with Crippen molar-refractivity contribution < 1.29 is 4.74 Å². The fourth-order valence-corrected chi connectivity index (χ4v) is 1.41. The Bertz CT molecular complexity index is 456. The van der Waals surface area contributed by atoms with Gasteiger partial charge in [-0.3, -0.25) is 4.98 Å². The molecule has 1 atom stereocenters. The van der Waals surface area contributed by atoms with E-state index < -0.39 is 0 Å². The van der Waals surface area contributed by atoms with E-state index in [1.807, 2.05) is 37.3 Å². The van der Waals surface area contributed by atoms with Crippen molar-refractivity contribution in [3.8, 4) is 5.75 Å². The van der Waals surface area contributed by atoms with E-state index in [9.17, 15) is 0 Å². The zero-order valence-corrected chi connectivity index (χ0v) is 8.68. The monoisotopic (exact) mass is 202 g/mol. The van der Waals surface area contributed by atoms with E-state index in [0.29, 0.717) is 6.54 Å². The van der Waals surface area contributed by atoms with Gasteiger partial charge in [0.05, 0.1) is 5.52 Å². The molecule has 1 aromatic heterocycles. The zero-order chi connectivity index (χ0) is 10.7. The molecule has 78 valence electrons. The highest BCUT2D eigenvalue weighted by atomic mass is 16.5. The first kappa shape index (κ1) is 9.93. The van der Waals surface area contributed by atoms with Gasteiger partial charge in [0.1, 0.15) is 11.9 Å². The van der Waals surface area contributed by atoms with Crippen LogP contribution in [0.3, 0.4) is 0 Å². The quantitative estimate of drug-likeness (QED) is 0.827. The maximum atomic E-state index is 5.62. The van der Waals surface area contributed by atoms with Crippen molar-refractivity contribution in [2.24, 2.45) is 5.73 Å². The first-order valence-electron chi connectivity index (χ1n) is 5.01. The number of ether oxygens (including phenoxy) is 1. The van der Waals surface area contributed by atoms with Crippen LogP contribution < -0.4 is 10.5 Å². The number of fused-ring (bicyclic) bond motifs is 1. The maximum absolute atomic E-state index is 5.62. The lowest BCUT2D eigenvalue weighted by molar-refractivity contribution is 0.230. The van der Waals surface area contributed by atoms with E-state index in [2.05, 4.69) is 4.98 Å². The number of aromatic nitrogens is 1. The normalized spacial score (nSPS) is 12.7. The summed E-state index contributed by atoms with van der Waals surface area (Å²) in [5.74, 6) is 0.841. The summed E-state index contributed by atoms with van der Waals surface area (Å²) >= 11 is 0. The average molecular weight is 202 g/mol. The number of nitrogens with zero attached hydrogens (tertiary/aromatic N) is 1. The summed E-state index contributed by atoms with van der Waals surface area (Å²) < 4.78 is 5.62. The third-order valence-electron chi connectivity index (χ3n) is 2.24. The molecule has 0 aliphatic heterocycles. The average Bonchev–Trinajstić information content (AvgIpc) is 2.29. The summed E-state index contributed by atoms with van der Waals surface area (Å²) in [5, 5.41) is 1.08. The van der Waals surface area contributed by atoms with Gasteiger partial charge in [0, 0.05) is 18.1 Å². The largest absolute Gasteiger partial charge is 0.489 e. The Labute approximate surface area is 88.9 Å². The van der Waals surface area contributed by atoms with Gasteiger partial charge in [-0.2, -0.15) is 0 Å². The van der Waals surface area contributed by atoms with Crippen LogP contribution in [0.2, 0.25) is 0 Å². The van der Waals surface area contributed by atoms with Crippen LogP contribution >= 0.6 is 0 Å². The lowest BCUT2D eigenvalue weighted by atomic mass is 10.2. The van der Waals surface area contributed by atoms with Crippen molar-refractivity contribution in [3.63, 3.8) is 0 Å². The molecule has 0 saturated carbocycles. The predicted molar refractivity (Wildman–Crippen MR) is 60.9 cm³/mol. The summed E-state index contributed by atoms with van der Waals surface area (Å²) in [6, 6.07) is 9.78. The SMILES string of the molecule is CC(CN)Oc1ccc2ncccc2c1. The van der Waals surface area contributed by atoms with Crippen LogP contribution in [-0.2, 0) is 0 Å². The molecule has 0 bridgehead atoms. The van der Waals surface area contributed by atoms with E-state index in [1.165, 1.54) is 0 Å². The molecular weight excluding hydrogens is 188 g/mol. The molecule has 0 aliphatic carbocycles. The fourth-order valence-electron chi connectivity index (χ4n) is 1.41. The minimum absolute atomic E-state index is 0.0409. The lowest BCUT2D eigenvalue weighted by Gasteiger charge is -2.12. The standard InChI is InChI=1S/C12H14N2O/c1-9(8-13)15-11-4-5-12-10(7-11)3-2-6-14-12/h2-7,9H,8,13H2,1H3. The molecule has 0 spiro atoms. The molecule has 0 aliphatic rings. The van der Waals surface area contributed by atoms with Crippen LogP contribution in [0.1, 0.15) is 6.92 Å². The molecule has 2 aromatic rings. The highest BCUT2D eigenvalue weighted by molar-refractivity contribution is 5.79. The number of rotatable bonds is 3. The van der Waals surface area contributed by atoms with Crippen molar-refractivity contribution in [2.45, 2.75) is 13.0 Å². The first-order valence-corrected chi connectivity index (χ1v) is 5.01. The van der Waals surface area contributed by atoms with Gasteiger partial charge >= 0.3 is 0 Å². The smallest absolute Gasteiger partial charge is 0.120 e. The summed E-state index contributed by atoms with van der Waals surface area (Å²) in [5.41, 5.74) is 6.47. The van der Waals surface area contributed by atoms with E-state index in [1.54, 1.807) is 6.20 Å². The Kier molecular flexibility index (Phi) is 2.83. The van der Waals surface area contributed by atoms with E-state index in [4.69, 9.17) is 10.5 Å². The van der Waals surface area contributed by atoms with Gasteiger partial charge in [-0.05, 0) is 31.2 Å². The predicted octanol–water partition coefficient (Wildman–Crippen LogP) is 1.96. The Morgan fingerprint density at radius 3 is 3.07 bits per heavy atom. The molecular formula is C12H14N2O. The molecule has 0 amide bonds. The van der Waals surface area contributed by atoms with Crippen molar-refractivity contribution in [3.05, 3.63) is 36.5 Å². The summed E-state index contributed by atoms with van der Waals surface area (Å²) in [7, 11) is 0. The number of hydrogen-bond donors (Lipinski definition) is 1. The second-order valence-corrected chi connectivity index (χ2v) is 3.52. The van der Waals surface area contributed by atoms with Crippen molar-refractivity contribution >= 4 is 10.9 Å². The minimum atomic E-state index is 0.0409. The summed E-state index contributed by atoms with van der Waals surface area (Å²) in [6.45, 7) is 2.47. The van der Waals surface area contributed by atoms with Gasteiger partial charge < -0.3 is 10.5 Å². The Morgan fingerprint density at radius 1 is 1.40 bits per heavy atom. The van der Waals surface area contributed by atoms with E-state index >= 15 is 0 Å². The van der Waals surface area contributed by atoms with Crippen LogP contribution in [0.25, 0.3) is 10.9 Å². The molecule has 3 heteroatoms. The molecule has 0 saturated heterocycles. The molecule has 1 unspecified atom stereocenters. The number of pyridine rings is 1. The van der Waals surface area contributed by atoms with Gasteiger partial charge in [0.2, 0.25) is 0 Å². The molecule has 2 N–H and O–H groups in total. The van der Waals surface area contributed by atoms with Crippen LogP contribution in [0.4, 0.5) is 0 Å². The Morgan fingerprint density at radius 2 is 2.27 bits per heavy atom. The fraction of sp³-hybridized carbons (Fsp3) is 0.250. The zero-order valence-electron chi connectivity index (χ0n) is 8.68.